The van der Waals surface area contributed by atoms with Crippen LogP contribution in [0, 0.1) is 5.92 Å². The second kappa shape index (κ2) is 6.29. The first-order valence-corrected chi connectivity index (χ1v) is 6.48. The fourth-order valence-electron chi connectivity index (χ4n) is 1.46. The van der Waals surface area contributed by atoms with Crippen LogP contribution in [0.4, 0.5) is 5.69 Å². The summed E-state index contributed by atoms with van der Waals surface area (Å²) in [4.78, 5) is 20.1. The highest BCUT2D eigenvalue weighted by atomic mass is 35.5. The molecule has 2 rings (SSSR count). The number of hydrogen-bond acceptors (Lipinski definition) is 3. The summed E-state index contributed by atoms with van der Waals surface area (Å²) in [6.45, 7) is 1.77. The van der Waals surface area contributed by atoms with E-state index in [0.717, 1.165) is 5.56 Å². The van der Waals surface area contributed by atoms with Gasteiger partial charge in [0.05, 0.1) is 18.1 Å². The van der Waals surface area contributed by atoms with Gasteiger partial charge in [0.2, 0.25) is 5.91 Å². The lowest BCUT2D eigenvalue weighted by Crippen LogP contribution is -2.21. The highest BCUT2D eigenvalue weighted by molar-refractivity contribution is 6.19. The fraction of sp³-hybridized carbons (Fsp3) is 0.214. The Morgan fingerprint density at radius 2 is 1.89 bits per heavy atom. The van der Waals surface area contributed by atoms with Crippen LogP contribution in [-0.4, -0.2) is 21.8 Å². The van der Waals surface area contributed by atoms with E-state index in [0.29, 0.717) is 11.5 Å². The number of amides is 1. The number of halogens is 1. The van der Waals surface area contributed by atoms with Crippen molar-refractivity contribution in [2.45, 2.75) is 6.92 Å². The smallest absolute Gasteiger partial charge is 0.228 e. The number of nitrogens with one attached hydrogen (secondary N) is 1. The Morgan fingerprint density at radius 1 is 1.26 bits per heavy atom. The van der Waals surface area contributed by atoms with E-state index >= 15 is 0 Å². The van der Waals surface area contributed by atoms with Gasteiger partial charge in [0.25, 0.3) is 0 Å². The lowest BCUT2D eigenvalue weighted by Gasteiger charge is -2.08. The van der Waals surface area contributed by atoms with Gasteiger partial charge in [-0.05, 0) is 0 Å². The van der Waals surface area contributed by atoms with E-state index in [9.17, 15) is 4.79 Å². The minimum absolute atomic E-state index is 0.133. The molecule has 0 saturated carbocycles. The molecule has 4 nitrogen and oxygen atoms in total. The molecule has 5 heteroatoms. The van der Waals surface area contributed by atoms with Gasteiger partial charge in [-0.3, -0.25) is 4.79 Å². The van der Waals surface area contributed by atoms with Gasteiger partial charge in [-0.1, -0.05) is 37.3 Å². The van der Waals surface area contributed by atoms with E-state index in [1.165, 1.54) is 0 Å². The van der Waals surface area contributed by atoms with Crippen molar-refractivity contribution < 1.29 is 4.79 Å². The van der Waals surface area contributed by atoms with Crippen LogP contribution in [0.25, 0.3) is 11.4 Å². The van der Waals surface area contributed by atoms with Crippen molar-refractivity contribution in [2.24, 2.45) is 5.92 Å². The summed E-state index contributed by atoms with van der Waals surface area (Å²) >= 11 is 5.63. The Bertz CT molecular complexity index is 542. The van der Waals surface area contributed by atoms with Crippen LogP contribution in [0.3, 0.4) is 0 Å². The number of benzene rings is 1. The molecule has 0 fully saturated rings. The first-order chi connectivity index (χ1) is 9.20. The summed E-state index contributed by atoms with van der Waals surface area (Å²) in [5.41, 5.74) is 1.51. The molecule has 1 amide bonds. The normalized spacial score (nSPS) is 11.9. The average molecular weight is 276 g/mol. The SMILES string of the molecule is CC(CCl)C(=O)Nc1cnc(-c2ccccc2)nc1. The standard InChI is InChI=1S/C14H14ClN3O/c1-10(7-15)14(19)18-12-8-16-13(17-9-12)11-5-3-2-4-6-11/h2-6,8-10H,7H2,1H3,(H,18,19). The van der Waals surface area contributed by atoms with E-state index in [4.69, 9.17) is 11.6 Å². The van der Waals surface area contributed by atoms with Crippen molar-refractivity contribution in [3.8, 4) is 11.4 Å². The Kier molecular flexibility index (Phi) is 4.47. The van der Waals surface area contributed by atoms with Crippen molar-refractivity contribution >= 4 is 23.2 Å². The third-order valence-corrected chi connectivity index (χ3v) is 3.09. The van der Waals surface area contributed by atoms with Crippen LogP contribution in [0.1, 0.15) is 6.92 Å². The van der Waals surface area contributed by atoms with Gasteiger partial charge in [-0.25, -0.2) is 9.97 Å². The number of rotatable bonds is 4. The Labute approximate surface area is 116 Å². The third kappa shape index (κ3) is 3.51. The first kappa shape index (κ1) is 13.5. The van der Waals surface area contributed by atoms with E-state index in [2.05, 4.69) is 15.3 Å². The number of hydrogen-bond donors (Lipinski definition) is 1. The van der Waals surface area contributed by atoms with Crippen LogP contribution in [0.15, 0.2) is 42.7 Å². The topological polar surface area (TPSA) is 54.9 Å². The van der Waals surface area contributed by atoms with Crippen LogP contribution < -0.4 is 5.32 Å². The van der Waals surface area contributed by atoms with Crippen molar-refractivity contribution in [3.63, 3.8) is 0 Å². The van der Waals surface area contributed by atoms with Gasteiger partial charge in [0.1, 0.15) is 0 Å². The minimum Gasteiger partial charge on any atom is -0.323 e. The monoisotopic (exact) mass is 275 g/mol. The molecule has 0 aliphatic heterocycles. The lowest BCUT2D eigenvalue weighted by molar-refractivity contribution is -0.118. The van der Waals surface area contributed by atoms with E-state index < -0.39 is 0 Å². The summed E-state index contributed by atoms with van der Waals surface area (Å²) in [7, 11) is 0. The Hall–Kier alpha value is -1.94. The molecule has 19 heavy (non-hydrogen) atoms. The zero-order chi connectivity index (χ0) is 13.7. The van der Waals surface area contributed by atoms with E-state index in [1.54, 1.807) is 19.3 Å². The van der Waals surface area contributed by atoms with Crippen LogP contribution in [0.2, 0.25) is 0 Å². The summed E-state index contributed by atoms with van der Waals surface area (Å²) < 4.78 is 0. The molecule has 0 aliphatic carbocycles. The van der Waals surface area contributed by atoms with Crippen LogP contribution in [0.5, 0.6) is 0 Å². The molecule has 0 aliphatic rings. The third-order valence-electron chi connectivity index (χ3n) is 2.63. The minimum atomic E-state index is -0.240. The molecule has 1 aromatic carbocycles. The molecule has 1 unspecified atom stereocenters. The van der Waals surface area contributed by atoms with Crippen LogP contribution in [-0.2, 0) is 4.79 Å². The average Bonchev–Trinajstić information content (AvgIpc) is 2.48. The molecule has 0 saturated heterocycles. The van der Waals surface area contributed by atoms with Gasteiger partial charge in [-0.15, -0.1) is 11.6 Å². The van der Waals surface area contributed by atoms with E-state index in [-0.39, 0.29) is 17.7 Å². The predicted octanol–water partition coefficient (Wildman–Crippen LogP) is 2.96. The Balaban J connectivity index is 2.09. The van der Waals surface area contributed by atoms with Gasteiger partial charge in [0, 0.05) is 17.4 Å². The van der Waals surface area contributed by atoms with Gasteiger partial charge in [-0.2, -0.15) is 0 Å². The quantitative estimate of drug-likeness (QED) is 0.873. The van der Waals surface area contributed by atoms with Crippen molar-refractivity contribution in [2.75, 3.05) is 11.2 Å². The molecule has 2 aromatic rings. The number of carbonyl (C=O) groups excluding carboxylic acids is 1. The zero-order valence-electron chi connectivity index (χ0n) is 10.5. The lowest BCUT2D eigenvalue weighted by atomic mass is 10.2. The summed E-state index contributed by atoms with van der Waals surface area (Å²) in [5, 5.41) is 2.72. The molecular formula is C14H14ClN3O. The zero-order valence-corrected chi connectivity index (χ0v) is 11.3. The van der Waals surface area contributed by atoms with Crippen LogP contribution >= 0.6 is 11.6 Å². The first-order valence-electron chi connectivity index (χ1n) is 5.95. The number of aromatic nitrogens is 2. The van der Waals surface area contributed by atoms with Gasteiger partial charge < -0.3 is 5.32 Å². The number of carbonyl (C=O) groups is 1. The maximum Gasteiger partial charge on any atom is 0.228 e. The van der Waals surface area contributed by atoms with Crippen molar-refractivity contribution in [3.05, 3.63) is 42.7 Å². The molecule has 1 aromatic heterocycles. The molecule has 0 bridgehead atoms. The van der Waals surface area contributed by atoms with Crippen molar-refractivity contribution in [1.29, 1.82) is 0 Å². The highest BCUT2D eigenvalue weighted by Gasteiger charge is 2.11. The van der Waals surface area contributed by atoms with Crippen molar-refractivity contribution in [1.82, 2.24) is 9.97 Å². The second-order valence-corrected chi connectivity index (χ2v) is 4.51. The fourth-order valence-corrected chi connectivity index (χ4v) is 1.60. The maximum atomic E-state index is 11.6. The maximum absolute atomic E-state index is 11.6. The molecule has 0 spiro atoms. The summed E-state index contributed by atoms with van der Waals surface area (Å²) in [6.07, 6.45) is 3.18. The highest BCUT2D eigenvalue weighted by Crippen LogP contribution is 2.15. The number of nitrogens with zero attached hydrogens (tertiary/aromatic N) is 2. The molecule has 0 radical (unpaired) electrons. The largest absolute Gasteiger partial charge is 0.323 e. The van der Waals surface area contributed by atoms with Gasteiger partial charge in [0.15, 0.2) is 5.82 Å². The summed E-state index contributed by atoms with van der Waals surface area (Å²) in [6, 6.07) is 9.66. The molecule has 1 N–H and O–H groups in total. The number of anilines is 1. The molecule has 1 heterocycles. The predicted molar refractivity (Wildman–Crippen MR) is 76.0 cm³/mol. The summed E-state index contributed by atoms with van der Waals surface area (Å²) in [5.74, 6) is 0.542. The molecule has 98 valence electrons. The Morgan fingerprint density at radius 3 is 2.47 bits per heavy atom. The molecule has 1 atom stereocenters. The van der Waals surface area contributed by atoms with E-state index in [1.807, 2.05) is 30.3 Å². The van der Waals surface area contributed by atoms with Gasteiger partial charge >= 0.3 is 0 Å². The molecular weight excluding hydrogens is 262 g/mol. The second-order valence-electron chi connectivity index (χ2n) is 4.21. The number of alkyl halides is 1.